The predicted molar refractivity (Wildman–Crippen MR) is 32.0 cm³/mol. The molecule has 3 heteroatoms. The topological polar surface area (TPSA) is 36.8 Å². The summed E-state index contributed by atoms with van der Waals surface area (Å²) >= 11 is 0. The lowest BCUT2D eigenvalue weighted by atomic mass is 10.4. The predicted octanol–water partition coefficient (Wildman–Crippen LogP) is -0.0861. The molecule has 0 saturated carbocycles. The second-order valence-corrected chi connectivity index (χ2v) is 1.68. The van der Waals surface area contributed by atoms with Crippen LogP contribution in [0.5, 0.6) is 0 Å². The molecule has 0 unspecified atom stereocenters. The quantitative estimate of drug-likeness (QED) is 0.461. The van der Waals surface area contributed by atoms with E-state index < -0.39 is 0 Å². The maximum atomic E-state index is 4.04. The Balaban J connectivity index is 2.49. The van der Waals surface area contributed by atoms with Crippen molar-refractivity contribution in [2.45, 2.75) is 0 Å². The van der Waals surface area contributed by atoms with Crippen LogP contribution in [-0.2, 0) is 0 Å². The maximum absolute atomic E-state index is 4.04. The molecule has 2 aliphatic heterocycles. The molecule has 0 atom stereocenters. The molecule has 0 saturated heterocycles. The lowest BCUT2D eigenvalue weighted by Gasteiger charge is -1.88. The summed E-state index contributed by atoms with van der Waals surface area (Å²) in [5.74, 6) is 0.852. The van der Waals surface area contributed by atoms with Crippen LogP contribution in [0, 0.1) is 0 Å². The second kappa shape index (κ2) is 1.18. The summed E-state index contributed by atoms with van der Waals surface area (Å²) in [6.45, 7) is 0.693. The molecule has 8 heavy (non-hydrogen) atoms. The average Bonchev–Trinajstić information content (AvgIpc) is 2.15. The van der Waals surface area contributed by atoms with Crippen molar-refractivity contribution in [1.29, 1.82) is 0 Å². The van der Waals surface area contributed by atoms with E-state index >= 15 is 0 Å². The number of allylic oxidation sites excluding steroid dienone is 1. The molecule has 0 radical (unpaired) electrons. The zero-order valence-corrected chi connectivity index (χ0v) is 4.26. The van der Waals surface area contributed by atoms with Gasteiger partial charge in [0.15, 0.2) is 5.84 Å². The highest BCUT2D eigenvalue weighted by Gasteiger charge is 2.12. The van der Waals surface area contributed by atoms with Crippen molar-refractivity contribution in [1.82, 2.24) is 5.32 Å². The summed E-state index contributed by atoms with van der Waals surface area (Å²) in [4.78, 5) is 8.00. The van der Waals surface area contributed by atoms with E-state index in [1.54, 1.807) is 6.21 Å². The zero-order valence-electron chi connectivity index (χ0n) is 4.26. The second-order valence-electron chi connectivity index (χ2n) is 1.68. The van der Waals surface area contributed by atoms with Gasteiger partial charge >= 0.3 is 0 Å². The number of rotatable bonds is 0. The normalized spacial score (nSPS) is 22.0. The van der Waals surface area contributed by atoms with Crippen molar-refractivity contribution in [3.8, 4) is 0 Å². The number of nitrogens with zero attached hydrogens (tertiary/aromatic N) is 2. The van der Waals surface area contributed by atoms with E-state index in [0.29, 0.717) is 6.67 Å². The fraction of sp³-hybridized carbons (Fsp3) is 0.200. The largest absolute Gasteiger partial charge is 0.363 e. The van der Waals surface area contributed by atoms with Crippen LogP contribution >= 0.6 is 0 Å². The van der Waals surface area contributed by atoms with Crippen molar-refractivity contribution in [3.63, 3.8) is 0 Å². The first kappa shape index (κ1) is 3.83. The standard InChI is InChI=1S/C5H5N3/c1-2-6-5-4(1)7-3-8-5/h1-2,7H,3H2. The Kier molecular flexibility index (Phi) is 0.566. The molecule has 40 valence electrons. The minimum absolute atomic E-state index is 0.693. The fourth-order valence-corrected chi connectivity index (χ4v) is 0.790. The van der Waals surface area contributed by atoms with E-state index in [4.69, 9.17) is 0 Å². The van der Waals surface area contributed by atoms with Crippen LogP contribution in [-0.4, -0.2) is 18.7 Å². The molecule has 0 aromatic rings. The van der Waals surface area contributed by atoms with Crippen molar-refractivity contribution < 1.29 is 0 Å². The van der Waals surface area contributed by atoms with Crippen LogP contribution in [0.15, 0.2) is 21.8 Å². The van der Waals surface area contributed by atoms with Crippen LogP contribution in [0.3, 0.4) is 0 Å². The maximum Gasteiger partial charge on any atom is 0.172 e. The van der Waals surface area contributed by atoms with E-state index in [2.05, 4.69) is 15.3 Å². The Morgan fingerprint density at radius 3 is 3.50 bits per heavy atom. The minimum atomic E-state index is 0.693. The van der Waals surface area contributed by atoms with Gasteiger partial charge < -0.3 is 5.32 Å². The molecule has 1 N–H and O–H groups in total. The number of amidine groups is 1. The van der Waals surface area contributed by atoms with E-state index in [9.17, 15) is 0 Å². The van der Waals surface area contributed by atoms with E-state index in [1.807, 2.05) is 6.08 Å². The summed E-state index contributed by atoms with van der Waals surface area (Å²) in [5, 5.41) is 3.05. The molecule has 0 aromatic carbocycles. The van der Waals surface area contributed by atoms with Gasteiger partial charge in [-0.15, -0.1) is 0 Å². The Labute approximate surface area is 46.8 Å². The molecule has 0 aliphatic carbocycles. The van der Waals surface area contributed by atoms with Gasteiger partial charge in [0, 0.05) is 6.21 Å². The molecule has 2 heterocycles. The summed E-state index contributed by atoms with van der Waals surface area (Å²) in [6.07, 6.45) is 3.67. The van der Waals surface area contributed by atoms with Crippen LogP contribution in [0.25, 0.3) is 0 Å². The number of hydrogen-bond donors (Lipinski definition) is 1. The molecule has 0 spiro atoms. The van der Waals surface area contributed by atoms with Gasteiger partial charge in [0.25, 0.3) is 0 Å². The Bertz CT molecular complexity index is 200. The van der Waals surface area contributed by atoms with Gasteiger partial charge in [-0.05, 0) is 6.08 Å². The molecule has 0 amide bonds. The summed E-state index contributed by atoms with van der Waals surface area (Å²) < 4.78 is 0. The van der Waals surface area contributed by atoms with Crippen molar-refractivity contribution in [2.24, 2.45) is 9.98 Å². The first-order valence-corrected chi connectivity index (χ1v) is 2.50. The monoisotopic (exact) mass is 107 g/mol. The Morgan fingerprint density at radius 1 is 1.62 bits per heavy atom. The van der Waals surface area contributed by atoms with Gasteiger partial charge in [0.2, 0.25) is 0 Å². The van der Waals surface area contributed by atoms with Gasteiger partial charge in [0.1, 0.15) is 6.67 Å². The van der Waals surface area contributed by atoms with E-state index in [0.717, 1.165) is 11.5 Å². The molecular weight excluding hydrogens is 102 g/mol. The minimum Gasteiger partial charge on any atom is -0.363 e. The molecule has 3 nitrogen and oxygen atoms in total. The molecule has 2 aliphatic rings. The smallest absolute Gasteiger partial charge is 0.172 e. The van der Waals surface area contributed by atoms with Crippen LogP contribution in [0.2, 0.25) is 0 Å². The van der Waals surface area contributed by atoms with E-state index in [1.165, 1.54) is 0 Å². The third-order valence-corrected chi connectivity index (χ3v) is 1.18. The average molecular weight is 107 g/mol. The molecular formula is C5H5N3. The van der Waals surface area contributed by atoms with Crippen molar-refractivity contribution >= 4 is 12.1 Å². The van der Waals surface area contributed by atoms with Crippen LogP contribution < -0.4 is 5.32 Å². The van der Waals surface area contributed by atoms with Crippen molar-refractivity contribution in [2.75, 3.05) is 6.67 Å². The van der Waals surface area contributed by atoms with Crippen molar-refractivity contribution in [3.05, 3.63) is 11.8 Å². The fourth-order valence-electron chi connectivity index (χ4n) is 0.790. The number of nitrogens with one attached hydrogen (secondary N) is 1. The Hall–Kier alpha value is -1.12. The third kappa shape index (κ3) is 0.332. The molecule has 2 rings (SSSR count). The number of fused-ring (bicyclic) bond motifs is 1. The van der Waals surface area contributed by atoms with E-state index in [-0.39, 0.29) is 0 Å². The highest BCUT2D eigenvalue weighted by Crippen LogP contribution is 2.05. The molecule has 0 aromatic heterocycles. The first-order chi connectivity index (χ1) is 3.97. The van der Waals surface area contributed by atoms with Crippen LogP contribution in [0.1, 0.15) is 0 Å². The third-order valence-electron chi connectivity index (χ3n) is 1.18. The number of aliphatic imine (C=N–C) groups is 2. The highest BCUT2D eigenvalue weighted by atomic mass is 15.2. The van der Waals surface area contributed by atoms with Gasteiger partial charge in [0.05, 0.1) is 5.70 Å². The summed E-state index contributed by atoms with van der Waals surface area (Å²) in [7, 11) is 0. The summed E-state index contributed by atoms with van der Waals surface area (Å²) in [6, 6.07) is 0. The number of hydrogen-bond acceptors (Lipinski definition) is 3. The summed E-state index contributed by atoms with van der Waals surface area (Å²) in [5.41, 5.74) is 1.06. The SMILES string of the molecule is C1=NC2=NCNC2=C1. The molecule has 0 bridgehead atoms. The highest BCUT2D eigenvalue weighted by molar-refractivity contribution is 6.11. The lowest BCUT2D eigenvalue weighted by molar-refractivity contribution is 0.911. The first-order valence-electron chi connectivity index (χ1n) is 2.50. The zero-order chi connectivity index (χ0) is 5.40. The van der Waals surface area contributed by atoms with Gasteiger partial charge in [-0.25, -0.2) is 9.98 Å². The van der Waals surface area contributed by atoms with Gasteiger partial charge in [-0.2, -0.15) is 0 Å². The Morgan fingerprint density at radius 2 is 2.62 bits per heavy atom. The lowest BCUT2D eigenvalue weighted by Crippen LogP contribution is -2.06. The van der Waals surface area contributed by atoms with Gasteiger partial charge in [-0.1, -0.05) is 0 Å². The van der Waals surface area contributed by atoms with Gasteiger partial charge in [-0.3, -0.25) is 0 Å². The molecule has 0 fully saturated rings. The van der Waals surface area contributed by atoms with Crippen LogP contribution in [0.4, 0.5) is 0 Å².